The third-order valence-electron chi connectivity index (χ3n) is 5.23. The van der Waals surface area contributed by atoms with E-state index in [9.17, 15) is 15.3 Å². The topological polar surface area (TPSA) is 60.7 Å². The molecule has 0 saturated heterocycles. The van der Waals surface area contributed by atoms with Crippen LogP contribution < -0.4 is 0 Å². The van der Waals surface area contributed by atoms with Crippen molar-refractivity contribution in [1.82, 2.24) is 0 Å². The molecule has 1 heterocycles. The summed E-state index contributed by atoms with van der Waals surface area (Å²) in [7, 11) is 0. The van der Waals surface area contributed by atoms with E-state index in [1.54, 1.807) is 17.4 Å². The Kier molecular flexibility index (Phi) is 5.44. The van der Waals surface area contributed by atoms with Crippen LogP contribution in [0.2, 0.25) is 0 Å². The molecule has 0 aliphatic heterocycles. The molecule has 29 heavy (non-hydrogen) atoms. The quantitative estimate of drug-likeness (QED) is 0.424. The van der Waals surface area contributed by atoms with Gasteiger partial charge in [0.1, 0.15) is 17.2 Å². The summed E-state index contributed by atoms with van der Waals surface area (Å²) in [4.78, 5) is 1.07. The molecule has 0 bridgehead atoms. The average Bonchev–Trinajstić information content (AvgIpc) is 3.11. The van der Waals surface area contributed by atoms with Crippen LogP contribution in [0, 0.1) is 0 Å². The molecule has 154 valence electrons. The highest BCUT2D eigenvalue weighted by molar-refractivity contribution is 7.10. The van der Waals surface area contributed by atoms with E-state index in [2.05, 4.69) is 41.5 Å². The molecule has 3 rings (SSSR count). The van der Waals surface area contributed by atoms with E-state index in [0.29, 0.717) is 11.3 Å². The van der Waals surface area contributed by atoms with Gasteiger partial charge in [0.2, 0.25) is 0 Å². The highest BCUT2D eigenvalue weighted by atomic mass is 32.1. The number of hydrogen-bond donors (Lipinski definition) is 3. The van der Waals surface area contributed by atoms with E-state index in [1.165, 1.54) is 12.1 Å². The number of phenolic OH excluding ortho intramolecular Hbond substituents is 3. The van der Waals surface area contributed by atoms with Gasteiger partial charge in [0.05, 0.1) is 0 Å². The standard InChI is InChI=1S/C25H30O3S/c1-24(2,3)18-12-15(13-19(23(18)28)25(4,5)6)22(21-8-7-11-29-21)17-14-16(26)9-10-20(17)27/h7-14,22,26-28H,1-6H3/t22-/m1/s1. The van der Waals surface area contributed by atoms with E-state index >= 15 is 0 Å². The van der Waals surface area contributed by atoms with Crippen molar-refractivity contribution in [2.24, 2.45) is 0 Å². The Morgan fingerprint density at radius 3 is 1.86 bits per heavy atom. The number of benzene rings is 2. The SMILES string of the molecule is CC(C)(C)c1cc([C@@H](c2cccs2)c2cc(O)ccc2O)cc(C(C)(C)C)c1O. The minimum Gasteiger partial charge on any atom is -0.508 e. The highest BCUT2D eigenvalue weighted by Crippen LogP contribution is 2.46. The van der Waals surface area contributed by atoms with E-state index in [-0.39, 0.29) is 28.2 Å². The lowest BCUT2D eigenvalue weighted by Crippen LogP contribution is -2.19. The number of thiophene rings is 1. The van der Waals surface area contributed by atoms with Crippen LogP contribution in [-0.4, -0.2) is 15.3 Å². The van der Waals surface area contributed by atoms with Crippen molar-refractivity contribution < 1.29 is 15.3 Å². The lowest BCUT2D eigenvalue weighted by atomic mass is 9.76. The third-order valence-corrected chi connectivity index (χ3v) is 6.17. The largest absolute Gasteiger partial charge is 0.508 e. The first-order valence-electron chi connectivity index (χ1n) is 9.82. The fourth-order valence-corrected chi connectivity index (χ4v) is 4.56. The zero-order valence-corrected chi connectivity index (χ0v) is 18.8. The number of aromatic hydroxyl groups is 3. The van der Waals surface area contributed by atoms with Crippen molar-refractivity contribution in [2.45, 2.75) is 58.3 Å². The first-order chi connectivity index (χ1) is 13.4. The maximum absolute atomic E-state index is 11.1. The second kappa shape index (κ2) is 7.42. The van der Waals surface area contributed by atoms with Crippen molar-refractivity contribution in [3.63, 3.8) is 0 Å². The number of phenols is 3. The van der Waals surface area contributed by atoms with Crippen molar-refractivity contribution in [3.05, 3.63) is 75.0 Å². The number of hydrogen-bond acceptors (Lipinski definition) is 4. The summed E-state index contributed by atoms with van der Waals surface area (Å²) >= 11 is 1.61. The van der Waals surface area contributed by atoms with Crippen LogP contribution in [0.1, 0.15) is 74.6 Å². The Hall–Kier alpha value is -2.46. The smallest absolute Gasteiger partial charge is 0.123 e. The first kappa shape index (κ1) is 21.3. The Morgan fingerprint density at radius 1 is 0.793 bits per heavy atom. The first-order valence-corrected chi connectivity index (χ1v) is 10.7. The summed E-state index contributed by atoms with van der Waals surface area (Å²) in [5.41, 5.74) is 2.89. The normalized spacial score (nSPS) is 13.4. The lowest BCUT2D eigenvalue weighted by Gasteiger charge is -2.30. The summed E-state index contributed by atoms with van der Waals surface area (Å²) < 4.78 is 0. The molecule has 3 N–H and O–H groups in total. The molecule has 1 aromatic heterocycles. The van der Waals surface area contributed by atoms with Gasteiger partial charge in [-0.05, 0) is 57.2 Å². The maximum atomic E-state index is 11.1. The molecule has 2 aromatic carbocycles. The van der Waals surface area contributed by atoms with E-state index < -0.39 is 0 Å². The molecule has 0 amide bonds. The molecule has 0 unspecified atom stereocenters. The zero-order valence-electron chi connectivity index (χ0n) is 17.9. The van der Waals surface area contributed by atoms with Gasteiger partial charge in [-0.1, -0.05) is 59.7 Å². The molecular formula is C25H30O3S. The molecule has 0 spiro atoms. The van der Waals surface area contributed by atoms with Gasteiger partial charge >= 0.3 is 0 Å². The van der Waals surface area contributed by atoms with Gasteiger partial charge in [-0.15, -0.1) is 11.3 Å². The molecule has 3 nitrogen and oxygen atoms in total. The van der Waals surface area contributed by atoms with Crippen LogP contribution >= 0.6 is 11.3 Å². The maximum Gasteiger partial charge on any atom is 0.123 e. The molecular weight excluding hydrogens is 380 g/mol. The van der Waals surface area contributed by atoms with Gasteiger partial charge < -0.3 is 15.3 Å². The Balaban J connectivity index is 2.36. The van der Waals surface area contributed by atoms with Crippen LogP contribution in [0.4, 0.5) is 0 Å². The summed E-state index contributed by atoms with van der Waals surface area (Å²) in [6.07, 6.45) is 0. The van der Waals surface area contributed by atoms with Crippen LogP contribution in [-0.2, 0) is 10.8 Å². The minimum atomic E-state index is -0.249. The molecule has 0 fully saturated rings. The van der Waals surface area contributed by atoms with E-state index in [0.717, 1.165) is 21.6 Å². The fraction of sp³-hybridized carbons (Fsp3) is 0.360. The van der Waals surface area contributed by atoms with Crippen LogP contribution in [0.5, 0.6) is 17.2 Å². The lowest BCUT2D eigenvalue weighted by molar-refractivity contribution is 0.422. The number of rotatable bonds is 3. The summed E-state index contributed by atoms with van der Waals surface area (Å²) in [5.74, 6) is 0.345. The van der Waals surface area contributed by atoms with E-state index in [1.807, 2.05) is 29.6 Å². The monoisotopic (exact) mass is 410 g/mol. The summed E-state index contributed by atoms with van der Waals surface area (Å²) in [6, 6.07) is 12.8. The van der Waals surface area contributed by atoms with Gasteiger partial charge in [-0.25, -0.2) is 0 Å². The molecule has 0 radical (unpaired) electrons. The van der Waals surface area contributed by atoms with E-state index in [4.69, 9.17) is 0 Å². The summed E-state index contributed by atoms with van der Waals surface area (Å²) in [5, 5.41) is 33.8. The van der Waals surface area contributed by atoms with Gasteiger partial charge in [0.25, 0.3) is 0 Å². The van der Waals surface area contributed by atoms with Crippen LogP contribution in [0.25, 0.3) is 0 Å². The zero-order chi connectivity index (χ0) is 21.6. The Labute approximate surface area is 177 Å². The van der Waals surface area contributed by atoms with Crippen molar-refractivity contribution in [2.75, 3.05) is 0 Å². The highest BCUT2D eigenvalue weighted by Gasteiger charge is 2.30. The van der Waals surface area contributed by atoms with Gasteiger partial charge in [0.15, 0.2) is 0 Å². The van der Waals surface area contributed by atoms with Crippen molar-refractivity contribution in [1.29, 1.82) is 0 Å². The molecule has 3 aromatic rings. The van der Waals surface area contributed by atoms with Crippen molar-refractivity contribution in [3.8, 4) is 17.2 Å². The predicted molar refractivity (Wildman–Crippen MR) is 121 cm³/mol. The predicted octanol–water partition coefficient (Wildman–Crippen LogP) is 6.64. The summed E-state index contributed by atoms with van der Waals surface area (Å²) in [6.45, 7) is 12.5. The minimum absolute atomic E-state index is 0.116. The molecule has 0 aliphatic carbocycles. The van der Waals surface area contributed by atoms with Gasteiger partial charge in [-0.3, -0.25) is 0 Å². The van der Waals surface area contributed by atoms with Crippen LogP contribution in [0.15, 0.2) is 47.8 Å². The molecule has 4 heteroatoms. The second-order valence-corrected chi connectivity index (χ2v) is 10.6. The van der Waals surface area contributed by atoms with Crippen molar-refractivity contribution >= 4 is 11.3 Å². The van der Waals surface area contributed by atoms with Gasteiger partial charge in [0, 0.05) is 16.4 Å². The Bertz CT molecular complexity index is 971. The average molecular weight is 411 g/mol. The molecule has 0 saturated carbocycles. The van der Waals surface area contributed by atoms with Gasteiger partial charge in [-0.2, -0.15) is 0 Å². The third kappa shape index (κ3) is 4.27. The molecule has 1 atom stereocenters. The Morgan fingerprint density at radius 2 is 1.38 bits per heavy atom. The van der Waals surface area contributed by atoms with Crippen LogP contribution in [0.3, 0.4) is 0 Å². The molecule has 0 aliphatic rings. The fourth-order valence-electron chi connectivity index (χ4n) is 3.69. The second-order valence-electron chi connectivity index (χ2n) is 9.66.